The lowest BCUT2D eigenvalue weighted by atomic mass is 10.1. The summed E-state index contributed by atoms with van der Waals surface area (Å²) in [6.07, 6.45) is 0. The molecule has 0 radical (unpaired) electrons. The van der Waals surface area contributed by atoms with Crippen LogP contribution in [0.1, 0.15) is 28.7 Å². The Labute approximate surface area is 163 Å². The molecule has 0 saturated carbocycles. The molecule has 0 aliphatic heterocycles. The maximum Gasteiger partial charge on any atom is 0.251 e. The van der Waals surface area contributed by atoms with Gasteiger partial charge in [0.1, 0.15) is 0 Å². The molecule has 2 N–H and O–H groups in total. The molecule has 0 bridgehead atoms. The van der Waals surface area contributed by atoms with Gasteiger partial charge in [-0.1, -0.05) is 22.9 Å². The molecule has 1 aromatic heterocycles. The number of aromatic nitrogens is 2. The zero-order chi connectivity index (χ0) is 20.1. The Bertz CT molecular complexity index is 1060. The predicted molar refractivity (Wildman–Crippen MR) is 105 cm³/mol. The van der Waals surface area contributed by atoms with Crippen LogP contribution in [0.3, 0.4) is 0 Å². The fourth-order valence-corrected chi connectivity index (χ4v) is 2.99. The van der Waals surface area contributed by atoms with Crippen molar-refractivity contribution in [2.24, 2.45) is 0 Å². The van der Waals surface area contributed by atoms with Crippen LogP contribution in [0.4, 0.5) is 5.69 Å². The second kappa shape index (κ2) is 8.22. The summed E-state index contributed by atoms with van der Waals surface area (Å²) in [5, 5.41) is 6.62. The molecule has 0 unspecified atom stereocenters. The number of carbonyl (C=O) groups is 1. The van der Waals surface area contributed by atoms with E-state index in [1.807, 2.05) is 19.1 Å². The minimum Gasteiger partial charge on any atom is -0.343 e. The first kappa shape index (κ1) is 19.6. The minimum absolute atomic E-state index is 0.00272. The number of sulfonamides is 1. The third-order valence-electron chi connectivity index (χ3n) is 3.98. The number of rotatable bonds is 7. The summed E-state index contributed by atoms with van der Waals surface area (Å²) in [5.74, 6) is 0.389. The zero-order valence-corrected chi connectivity index (χ0v) is 16.3. The normalized spacial score (nSPS) is 11.2. The van der Waals surface area contributed by atoms with Crippen molar-refractivity contribution in [3.63, 3.8) is 0 Å². The number of hydrogen-bond donors (Lipinski definition) is 2. The van der Waals surface area contributed by atoms with Crippen molar-refractivity contribution in [2.45, 2.75) is 20.4 Å². The van der Waals surface area contributed by atoms with Crippen molar-refractivity contribution in [3.05, 3.63) is 65.5 Å². The summed E-state index contributed by atoms with van der Waals surface area (Å²) >= 11 is 0. The van der Waals surface area contributed by atoms with Crippen molar-refractivity contribution >= 4 is 21.6 Å². The third kappa shape index (κ3) is 4.95. The molecular formula is C19H20N4O4S. The van der Waals surface area contributed by atoms with E-state index in [2.05, 4.69) is 20.2 Å². The van der Waals surface area contributed by atoms with E-state index in [1.54, 1.807) is 43.3 Å². The third-order valence-corrected chi connectivity index (χ3v) is 5.29. The maximum absolute atomic E-state index is 12.1. The van der Waals surface area contributed by atoms with Crippen LogP contribution >= 0.6 is 0 Å². The Morgan fingerprint density at radius 1 is 1.07 bits per heavy atom. The largest absolute Gasteiger partial charge is 0.343 e. The van der Waals surface area contributed by atoms with Crippen molar-refractivity contribution < 1.29 is 17.7 Å². The molecule has 0 spiro atoms. The molecule has 3 rings (SSSR count). The van der Waals surface area contributed by atoms with E-state index in [0.29, 0.717) is 22.6 Å². The Hall–Kier alpha value is -3.20. The summed E-state index contributed by atoms with van der Waals surface area (Å²) in [6.45, 7) is 3.62. The fourth-order valence-electron chi connectivity index (χ4n) is 2.35. The number of nitrogens with one attached hydrogen (secondary N) is 2. The summed E-state index contributed by atoms with van der Waals surface area (Å²) in [7, 11) is -3.33. The number of aryl methyl sites for hydroxylation is 1. The van der Waals surface area contributed by atoms with Crippen molar-refractivity contribution in [2.75, 3.05) is 10.5 Å². The fraction of sp³-hybridized carbons (Fsp3) is 0.211. The van der Waals surface area contributed by atoms with Gasteiger partial charge in [-0.05, 0) is 50.2 Å². The van der Waals surface area contributed by atoms with E-state index in [4.69, 9.17) is 4.52 Å². The molecule has 3 aromatic rings. The van der Waals surface area contributed by atoms with Crippen LogP contribution in [0.25, 0.3) is 11.4 Å². The summed E-state index contributed by atoms with van der Waals surface area (Å²) < 4.78 is 30.8. The Balaban J connectivity index is 1.62. The molecule has 1 heterocycles. The number of nitrogens with zero attached hydrogens (tertiary/aromatic N) is 2. The van der Waals surface area contributed by atoms with Crippen molar-refractivity contribution in [1.29, 1.82) is 0 Å². The maximum atomic E-state index is 12.1. The van der Waals surface area contributed by atoms with Gasteiger partial charge in [0, 0.05) is 16.8 Å². The smallest absolute Gasteiger partial charge is 0.251 e. The SMILES string of the molecule is CCS(=O)(=O)Nc1ccc(-c2noc(CNC(=O)c3ccc(C)cc3)n2)cc1. The quantitative estimate of drug-likeness (QED) is 0.630. The highest BCUT2D eigenvalue weighted by Gasteiger charge is 2.12. The summed E-state index contributed by atoms with van der Waals surface area (Å²) in [5.41, 5.74) is 2.75. The Morgan fingerprint density at radius 2 is 1.75 bits per heavy atom. The van der Waals surface area contributed by atoms with E-state index >= 15 is 0 Å². The first-order valence-corrected chi connectivity index (χ1v) is 10.3. The number of hydrogen-bond acceptors (Lipinski definition) is 6. The standard InChI is InChI=1S/C19H20N4O4S/c1-3-28(25,26)23-16-10-8-14(9-11-16)18-21-17(27-22-18)12-20-19(24)15-6-4-13(2)5-7-15/h4-11,23H,3,12H2,1-2H3,(H,20,24). The van der Waals surface area contributed by atoms with Gasteiger partial charge in [0.05, 0.1) is 12.3 Å². The molecule has 8 nitrogen and oxygen atoms in total. The summed E-state index contributed by atoms with van der Waals surface area (Å²) in [6, 6.07) is 13.8. The van der Waals surface area contributed by atoms with E-state index in [9.17, 15) is 13.2 Å². The highest BCUT2D eigenvalue weighted by Crippen LogP contribution is 2.19. The van der Waals surface area contributed by atoms with Gasteiger partial charge >= 0.3 is 0 Å². The number of anilines is 1. The predicted octanol–water partition coefficient (Wildman–Crippen LogP) is 2.74. The first-order valence-electron chi connectivity index (χ1n) is 8.64. The van der Waals surface area contributed by atoms with Gasteiger partial charge < -0.3 is 9.84 Å². The molecule has 0 aliphatic rings. The van der Waals surface area contributed by atoms with Gasteiger partial charge in [-0.25, -0.2) is 8.42 Å². The zero-order valence-electron chi connectivity index (χ0n) is 15.5. The number of amides is 1. The van der Waals surface area contributed by atoms with Crippen LogP contribution in [-0.4, -0.2) is 30.2 Å². The molecule has 0 atom stereocenters. The van der Waals surface area contributed by atoms with Gasteiger partial charge in [-0.15, -0.1) is 0 Å². The van der Waals surface area contributed by atoms with E-state index in [0.717, 1.165) is 5.56 Å². The van der Waals surface area contributed by atoms with Crippen LogP contribution in [0.5, 0.6) is 0 Å². The Kier molecular flexibility index (Phi) is 5.74. The number of benzene rings is 2. The van der Waals surface area contributed by atoms with Gasteiger partial charge in [0.15, 0.2) is 0 Å². The highest BCUT2D eigenvalue weighted by molar-refractivity contribution is 7.92. The molecule has 146 valence electrons. The lowest BCUT2D eigenvalue weighted by Gasteiger charge is -2.05. The van der Waals surface area contributed by atoms with Gasteiger partial charge in [-0.2, -0.15) is 4.98 Å². The van der Waals surface area contributed by atoms with Crippen molar-refractivity contribution in [3.8, 4) is 11.4 Å². The van der Waals surface area contributed by atoms with Crippen LogP contribution in [0, 0.1) is 6.92 Å². The molecule has 0 saturated heterocycles. The molecule has 0 fully saturated rings. The topological polar surface area (TPSA) is 114 Å². The van der Waals surface area contributed by atoms with Gasteiger partial charge in [0.25, 0.3) is 5.91 Å². The van der Waals surface area contributed by atoms with Gasteiger partial charge in [-0.3, -0.25) is 9.52 Å². The van der Waals surface area contributed by atoms with E-state index in [-0.39, 0.29) is 24.1 Å². The molecule has 2 aromatic carbocycles. The van der Waals surface area contributed by atoms with Crippen LogP contribution < -0.4 is 10.0 Å². The average molecular weight is 400 g/mol. The lowest BCUT2D eigenvalue weighted by Crippen LogP contribution is -2.22. The monoisotopic (exact) mass is 400 g/mol. The highest BCUT2D eigenvalue weighted by atomic mass is 32.2. The molecule has 0 aliphatic carbocycles. The van der Waals surface area contributed by atoms with Crippen LogP contribution in [0.15, 0.2) is 53.1 Å². The second-order valence-electron chi connectivity index (χ2n) is 6.14. The molecule has 28 heavy (non-hydrogen) atoms. The molecule has 9 heteroatoms. The Morgan fingerprint density at radius 3 is 2.39 bits per heavy atom. The second-order valence-corrected chi connectivity index (χ2v) is 8.15. The minimum atomic E-state index is -3.33. The lowest BCUT2D eigenvalue weighted by molar-refractivity contribution is 0.0946. The average Bonchev–Trinajstić information content (AvgIpc) is 3.16. The summed E-state index contributed by atoms with van der Waals surface area (Å²) in [4.78, 5) is 16.4. The molecule has 1 amide bonds. The van der Waals surface area contributed by atoms with Crippen LogP contribution in [0.2, 0.25) is 0 Å². The molecular weight excluding hydrogens is 380 g/mol. The van der Waals surface area contributed by atoms with Crippen molar-refractivity contribution in [1.82, 2.24) is 15.5 Å². The van der Waals surface area contributed by atoms with E-state index in [1.165, 1.54) is 0 Å². The van der Waals surface area contributed by atoms with E-state index < -0.39 is 10.0 Å². The first-order chi connectivity index (χ1) is 13.4. The number of carbonyl (C=O) groups excluding carboxylic acids is 1. The van der Waals surface area contributed by atoms with Gasteiger partial charge in [0.2, 0.25) is 21.7 Å². The van der Waals surface area contributed by atoms with Crippen LogP contribution in [-0.2, 0) is 16.6 Å².